The predicted molar refractivity (Wildman–Crippen MR) is 123 cm³/mol. The molecule has 0 bridgehead atoms. The van der Waals surface area contributed by atoms with Crippen molar-refractivity contribution in [2.45, 2.75) is 26.2 Å². The molecule has 2 amide bonds. The second kappa shape index (κ2) is 9.96. The van der Waals surface area contributed by atoms with Gasteiger partial charge in [0.05, 0.1) is 5.57 Å². The van der Waals surface area contributed by atoms with E-state index in [1.165, 1.54) is 42.0 Å². The summed E-state index contributed by atoms with van der Waals surface area (Å²) in [5.41, 5.74) is 2.85. The second-order valence-electron chi connectivity index (χ2n) is 7.94. The Hall–Kier alpha value is -3.19. The summed E-state index contributed by atoms with van der Waals surface area (Å²) in [5.74, 6) is -1.16. The van der Waals surface area contributed by atoms with E-state index in [9.17, 15) is 14.0 Å². The highest BCUT2D eigenvalue weighted by molar-refractivity contribution is 6.36. The number of ether oxygens (including phenoxy) is 1. The Morgan fingerprint density at radius 2 is 1.66 bits per heavy atom. The molecule has 2 aromatic carbocycles. The molecular weight excluding hydrogens is 409 g/mol. The summed E-state index contributed by atoms with van der Waals surface area (Å²) in [6.07, 6.45) is 2.95. The molecule has 1 fully saturated rings. The number of anilines is 2. The average molecular weight is 438 g/mol. The normalized spacial score (nSPS) is 16.4. The van der Waals surface area contributed by atoms with E-state index in [1.807, 2.05) is 31.2 Å². The van der Waals surface area contributed by atoms with Crippen molar-refractivity contribution >= 4 is 28.8 Å². The van der Waals surface area contributed by atoms with Crippen LogP contribution in [-0.2, 0) is 14.3 Å². The van der Waals surface area contributed by atoms with E-state index in [1.54, 1.807) is 0 Å². The third-order valence-electron chi connectivity index (χ3n) is 5.78. The van der Waals surface area contributed by atoms with Gasteiger partial charge in [0.15, 0.2) is 0 Å². The van der Waals surface area contributed by atoms with E-state index in [0.29, 0.717) is 25.2 Å². The number of benzene rings is 2. The van der Waals surface area contributed by atoms with E-state index < -0.39 is 5.82 Å². The van der Waals surface area contributed by atoms with Crippen LogP contribution in [0.4, 0.5) is 15.8 Å². The highest BCUT2D eigenvalue weighted by atomic mass is 19.1. The van der Waals surface area contributed by atoms with Crippen LogP contribution in [-0.4, -0.2) is 49.6 Å². The summed E-state index contributed by atoms with van der Waals surface area (Å²) >= 11 is 0. The van der Waals surface area contributed by atoms with Crippen LogP contribution in [0.3, 0.4) is 0 Å². The Labute approximate surface area is 187 Å². The number of halogens is 1. The predicted octanol–water partition coefficient (Wildman–Crippen LogP) is 4.04. The summed E-state index contributed by atoms with van der Waals surface area (Å²) in [7, 11) is 0. The van der Waals surface area contributed by atoms with Crippen molar-refractivity contribution in [3.63, 3.8) is 0 Å². The molecule has 6 nitrogen and oxygen atoms in total. The highest BCUT2D eigenvalue weighted by Gasteiger charge is 2.38. The number of carbonyl (C=O) groups excluding carboxylic acids is 2. The minimum atomic E-state index is -0.397. The molecule has 2 aliphatic heterocycles. The Balaban J connectivity index is 1.59. The molecule has 0 aromatic heterocycles. The average Bonchev–Trinajstić information content (AvgIpc) is 3.41. The van der Waals surface area contributed by atoms with E-state index in [4.69, 9.17) is 4.74 Å². The van der Waals surface area contributed by atoms with Gasteiger partial charge in [-0.2, -0.15) is 0 Å². The molecule has 0 spiro atoms. The van der Waals surface area contributed by atoms with E-state index in [2.05, 4.69) is 10.2 Å². The topological polar surface area (TPSA) is 61.9 Å². The lowest BCUT2D eigenvalue weighted by molar-refractivity contribution is -0.137. The molecule has 7 heteroatoms. The van der Waals surface area contributed by atoms with Gasteiger partial charge >= 0.3 is 0 Å². The zero-order valence-corrected chi connectivity index (χ0v) is 18.3. The van der Waals surface area contributed by atoms with Crippen LogP contribution in [0.5, 0.6) is 0 Å². The van der Waals surface area contributed by atoms with Gasteiger partial charge in [0.1, 0.15) is 11.5 Å². The van der Waals surface area contributed by atoms with Gasteiger partial charge in [-0.15, -0.1) is 0 Å². The van der Waals surface area contributed by atoms with Gasteiger partial charge in [-0.25, -0.2) is 4.39 Å². The zero-order chi connectivity index (χ0) is 22.5. The Kier molecular flexibility index (Phi) is 6.85. The van der Waals surface area contributed by atoms with E-state index in [0.717, 1.165) is 24.5 Å². The molecule has 1 N–H and O–H groups in total. The van der Waals surface area contributed by atoms with Gasteiger partial charge in [-0.05, 0) is 68.1 Å². The monoisotopic (exact) mass is 437 g/mol. The van der Waals surface area contributed by atoms with Crippen molar-refractivity contribution in [2.24, 2.45) is 0 Å². The summed E-state index contributed by atoms with van der Waals surface area (Å²) in [6, 6.07) is 13.5. The lowest BCUT2D eigenvalue weighted by atomic mass is 10.0. The molecule has 0 saturated carbocycles. The number of nitrogens with one attached hydrogen (secondary N) is 1. The molecule has 0 radical (unpaired) electrons. The van der Waals surface area contributed by atoms with Crippen molar-refractivity contribution in [1.82, 2.24) is 4.90 Å². The fourth-order valence-electron chi connectivity index (χ4n) is 4.12. The summed E-state index contributed by atoms with van der Waals surface area (Å²) < 4.78 is 18.8. The molecular formula is C25H28FN3O3. The smallest absolute Gasteiger partial charge is 0.278 e. The van der Waals surface area contributed by atoms with Crippen molar-refractivity contribution in [1.29, 1.82) is 0 Å². The number of rotatable bonds is 9. The van der Waals surface area contributed by atoms with Crippen molar-refractivity contribution < 1.29 is 18.7 Å². The lowest BCUT2D eigenvalue weighted by Crippen LogP contribution is -2.34. The molecule has 168 valence electrons. The fourth-order valence-corrected chi connectivity index (χ4v) is 4.12. The van der Waals surface area contributed by atoms with E-state index in [-0.39, 0.29) is 29.6 Å². The molecule has 2 aromatic rings. The Morgan fingerprint density at radius 3 is 2.31 bits per heavy atom. The third kappa shape index (κ3) is 4.67. The second-order valence-corrected chi connectivity index (χ2v) is 7.94. The van der Waals surface area contributed by atoms with Crippen LogP contribution in [0.1, 0.15) is 31.7 Å². The van der Waals surface area contributed by atoms with Crippen molar-refractivity contribution in [2.75, 3.05) is 43.1 Å². The maximum atomic E-state index is 13.5. The third-order valence-corrected chi connectivity index (χ3v) is 5.78. The standard InChI is InChI=1S/C25H28FN3O3/c1-2-32-17-5-16-29-24(30)22(18-6-8-19(26)9-7-18)23(25(29)31)27-20-10-12-21(13-11-20)28-14-3-4-15-28/h6-13,27H,2-5,14-17H2,1H3. The quantitative estimate of drug-likeness (QED) is 0.474. The molecule has 0 aliphatic carbocycles. The fraction of sp³-hybridized carbons (Fsp3) is 0.360. The highest BCUT2D eigenvalue weighted by Crippen LogP contribution is 2.31. The lowest BCUT2D eigenvalue weighted by Gasteiger charge is -2.18. The zero-order valence-electron chi connectivity index (χ0n) is 18.3. The number of hydrogen-bond donors (Lipinski definition) is 1. The minimum Gasteiger partial charge on any atom is -0.382 e. The molecule has 32 heavy (non-hydrogen) atoms. The number of carbonyl (C=O) groups is 2. The largest absolute Gasteiger partial charge is 0.382 e. The van der Waals surface area contributed by atoms with Gasteiger partial charge in [-0.3, -0.25) is 14.5 Å². The van der Waals surface area contributed by atoms with Crippen LogP contribution in [0, 0.1) is 5.82 Å². The molecule has 2 heterocycles. The maximum absolute atomic E-state index is 13.5. The first-order valence-corrected chi connectivity index (χ1v) is 11.1. The van der Waals surface area contributed by atoms with Gasteiger partial charge in [-0.1, -0.05) is 12.1 Å². The van der Waals surface area contributed by atoms with Crippen LogP contribution in [0.25, 0.3) is 5.57 Å². The molecule has 2 aliphatic rings. The summed E-state index contributed by atoms with van der Waals surface area (Å²) in [6.45, 7) is 5.33. The van der Waals surface area contributed by atoms with E-state index >= 15 is 0 Å². The molecule has 1 saturated heterocycles. The number of hydrogen-bond acceptors (Lipinski definition) is 5. The number of amides is 2. The first kappa shape index (κ1) is 22.0. The summed E-state index contributed by atoms with van der Waals surface area (Å²) in [4.78, 5) is 29.9. The SMILES string of the molecule is CCOCCCN1C(=O)C(Nc2ccc(N3CCCC3)cc2)=C(c2ccc(F)cc2)C1=O. The van der Waals surface area contributed by atoms with Crippen LogP contribution < -0.4 is 10.2 Å². The van der Waals surface area contributed by atoms with Crippen LogP contribution in [0.2, 0.25) is 0 Å². The minimum absolute atomic E-state index is 0.215. The van der Waals surface area contributed by atoms with Gasteiger partial charge < -0.3 is 15.0 Å². The van der Waals surface area contributed by atoms with Gasteiger partial charge in [0.2, 0.25) is 0 Å². The van der Waals surface area contributed by atoms with Gasteiger partial charge in [0, 0.05) is 44.2 Å². The molecule has 0 atom stereocenters. The van der Waals surface area contributed by atoms with Crippen molar-refractivity contribution in [3.05, 3.63) is 65.6 Å². The van der Waals surface area contributed by atoms with Crippen molar-refractivity contribution in [3.8, 4) is 0 Å². The Bertz CT molecular complexity index is 996. The van der Waals surface area contributed by atoms with Crippen LogP contribution in [0.15, 0.2) is 54.2 Å². The molecule has 4 rings (SSSR count). The number of imide groups is 1. The first-order valence-electron chi connectivity index (χ1n) is 11.1. The molecule has 0 unspecified atom stereocenters. The maximum Gasteiger partial charge on any atom is 0.278 e. The first-order chi connectivity index (χ1) is 15.6. The van der Waals surface area contributed by atoms with Gasteiger partial charge in [0.25, 0.3) is 11.8 Å². The Morgan fingerprint density at radius 1 is 0.969 bits per heavy atom. The number of nitrogens with zero attached hydrogens (tertiary/aromatic N) is 2. The summed E-state index contributed by atoms with van der Waals surface area (Å²) in [5, 5.41) is 3.16. The van der Waals surface area contributed by atoms with Crippen LogP contribution >= 0.6 is 0 Å².